The molecule has 5 N–H and O–H groups in total. The van der Waals surface area contributed by atoms with Gasteiger partial charge in [-0.15, -0.1) is 0 Å². The molecule has 0 saturated carbocycles. The van der Waals surface area contributed by atoms with E-state index in [-0.39, 0.29) is 24.2 Å². The van der Waals surface area contributed by atoms with Gasteiger partial charge in [-0.2, -0.15) is 4.98 Å². The first-order chi connectivity index (χ1) is 15.0. The molecule has 2 unspecified atom stereocenters. The number of alkyl halides is 2. The Morgan fingerprint density at radius 3 is 2.66 bits per heavy atom. The number of hydrogen-bond donors (Lipinski definition) is 4. The lowest BCUT2D eigenvalue weighted by atomic mass is 10.1. The van der Waals surface area contributed by atoms with Crippen LogP contribution in [0.2, 0.25) is 5.02 Å². The second-order valence-corrected chi connectivity index (χ2v) is 9.59. The summed E-state index contributed by atoms with van der Waals surface area (Å²) < 4.78 is 64.0. The maximum atomic E-state index is 13.1. The van der Waals surface area contributed by atoms with Crippen molar-refractivity contribution < 1.29 is 26.7 Å². The predicted octanol–water partition coefficient (Wildman–Crippen LogP) is 0.564. The van der Waals surface area contributed by atoms with Gasteiger partial charge in [-0.3, -0.25) is 4.99 Å². The number of hydrogen-bond acceptors (Lipinski definition) is 10. The van der Waals surface area contributed by atoms with Gasteiger partial charge in [0.2, 0.25) is 16.0 Å². The smallest absolute Gasteiger partial charge is 0.260 e. The zero-order chi connectivity index (χ0) is 23.5. The van der Waals surface area contributed by atoms with Crippen molar-refractivity contribution in [1.82, 2.24) is 14.7 Å². The van der Waals surface area contributed by atoms with E-state index in [1.165, 1.54) is 18.6 Å². The van der Waals surface area contributed by atoms with Crippen LogP contribution in [0.1, 0.15) is 6.92 Å². The minimum Gasteiger partial charge on any atom is -0.403 e. The fourth-order valence-electron chi connectivity index (χ4n) is 3.42. The van der Waals surface area contributed by atoms with E-state index in [9.17, 15) is 17.2 Å². The van der Waals surface area contributed by atoms with Gasteiger partial charge in [0.05, 0.1) is 37.2 Å². The van der Waals surface area contributed by atoms with E-state index in [0.29, 0.717) is 18.4 Å². The van der Waals surface area contributed by atoms with Gasteiger partial charge >= 0.3 is 0 Å². The molecule has 2 fully saturated rings. The summed E-state index contributed by atoms with van der Waals surface area (Å²) in [5.41, 5.74) is 5.99. The van der Waals surface area contributed by atoms with Crippen LogP contribution in [0, 0.1) is 0 Å². The molecule has 0 spiro atoms. The Morgan fingerprint density at radius 2 is 2.03 bits per heavy atom. The standard InChI is InChI=1S/C17H24ClF2N7O4S/c1-17(19,20)8-32(28,29)27-12-7-31-13-11(6-30-14(12)13)25-15-10(18)5-23-16(26-15)24-9(3-21)4-22-2/h3-5,11-14,27H,6-8,21H2,1-2H3,(H2,23,24,25,26)/t11-,12+,13?,14?/m1/s1. The summed E-state index contributed by atoms with van der Waals surface area (Å²) in [6.07, 6.45) is 2.98. The number of anilines is 2. The number of allylic oxidation sites excluding steroid dienone is 1. The number of ether oxygens (including phenoxy) is 2. The van der Waals surface area contributed by atoms with Gasteiger partial charge in [0.25, 0.3) is 5.92 Å². The van der Waals surface area contributed by atoms with Gasteiger partial charge in [-0.05, 0) is 0 Å². The second kappa shape index (κ2) is 9.79. The number of nitrogens with one attached hydrogen (secondary N) is 3. The first-order valence-corrected chi connectivity index (χ1v) is 11.6. The number of halogens is 3. The molecule has 3 heterocycles. The van der Waals surface area contributed by atoms with Gasteiger partial charge in [0, 0.05) is 26.4 Å². The van der Waals surface area contributed by atoms with Gasteiger partial charge in [-0.1, -0.05) is 11.6 Å². The molecule has 2 saturated heterocycles. The SMILES string of the molecule is CN=CC(=CN)Nc1ncc(Cl)c(N[C@@H]2COC3C2OC[C@@H]3NS(=O)(=O)CC(C)(F)F)n1. The Balaban J connectivity index is 1.66. The highest BCUT2D eigenvalue weighted by molar-refractivity contribution is 7.89. The third-order valence-corrected chi connectivity index (χ3v) is 6.42. The lowest BCUT2D eigenvalue weighted by Gasteiger charge is -2.20. The van der Waals surface area contributed by atoms with Crippen molar-refractivity contribution in [3.8, 4) is 0 Å². The Hall–Kier alpha value is -2.13. The van der Waals surface area contributed by atoms with Crippen molar-refractivity contribution in [1.29, 1.82) is 0 Å². The highest BCUT2D eigenvalue weighted by atomic mass is 35.5. The van der Waals surface area contributed by atoms with Crippen LogP contribution in [0.5, 0.6) is 0 Å². The van der Waals surface area contributed by atoms with E-state index >= 15 is 0 Å². The van der Waals surface area contributed by atoms with E-state index in [4.69, 9.17) is 26.8 Å². The molecule has 15 heteroatoms. The Labute approximate surface area is 188 Å². The van der Waals surface area contributed by atoms with E-state index in [2.05, 4.69) is 30.3 Å². The third kappa shape index (κ3) is 6.22. The molecular formula is C17H24ClF2N7O4S. The number of fused-ring (bicyclic) bond motifs is 1. The molecule has 11 nitrogen and oxygen atoms in total. The summed E-state index contributed by atoms with van der Waals surface area (Å²) in [6, 6.07) is -1.20. The minimum absolute atomic E-state index is 0.0205. The summed E-state index contributed by atoms with van der Waals surface area (Å²) >= 11 is 6.20. The fourth-order valence-corrected chi connectivity index (χ4v) is 4.98. The summed E-state index contributed by atoms with van der Waals surface area (Å²) in [4.78, 5) is 12.2. The molecule has 32 heavy (non-hydrogen) atoms. The van der Waals surface area contributed by atoms with E-state index < -0.39 is 46.0 Å². The van der Waals surface area contributed by atoms with Crippen LogP contribution >= 0.6 is 11.6 Å². The van der Waals surface area contributed by atoms with Crippen LogP contribution in [-0.2, 0) is 19.5 Å². The van der Waals surface area contributed by atoms with Gasteiger partial charge in [0.15, 0.2) is 5.82 Å². The lowest BCUT2D eigenvalue weighted by Crippen LogP contribution is -2.47. The van der Waals surface area contributed by atoms with E-state index in [0.717, 1.165) is 0 Å². The van der Waals surface area contributed by atoms with Crippen LogP contribution < -0.4 is 21.1 Å². The van der Waals surface area contributed by atoms with Gasteiger partial charge in [-0.25, -0.2) is 26.9 Å². The zero-order valence-corrected chi connectivity index (χ0v) is 18.8. The molecule has 0 aliphatic carbocycles. The highest BCUT2D eigenvalue weighted by Crippen LogP contribution is 2.31. The molecule has 1 aromatic rings. The summed E-state index contributed by atoms with van der Waals surface area (Å²) in [5.74, 6) is -4.17. The Morgan fingerprint density at radius 1 is 1.38 bits per heavy atom. The maximum absolute atomic E-state index is 13.1. The van der Waals surface area contributed by atoms with E-state index in [1.807, 2.05) is 0 Å². The summed E-state index contributed by atoms with van der Waals surface area (Å²) in [7, 11) is -2.64. The number of rotatable bonds is 9. The monoisotopic (exact) mass is 495 g/mol. The lowest BCUT2D eigenvalue weighted by molar-refractivity contribution is 0.0466. The van der Waals surface area contributed by atoms with Crippen molar-refractivity contribution in [3.05, 3.63) is 23.1 Å². The first-order valence-electron chi connectivity index (χ1n) is 9.52. The molecule has 4 atom stereocenters. The average molecular weight is 496 g/mol. The molecule has 2 aliphatic rings. The second-order valence-electron chi connectivity index (χ2n) is 7.42. The topological polar surface area (TPSA) is 153 Å². The number of sulfonamides is 1. The van der Waals surface area contributed by atoms with Crippen LogP contribution in [0.25, 0.3) is 0 Å². The molecule has 0 bridgehead atoms. The number of nitrogens with zero attached hydrogens (tertiary/aromatic N) is 3. The van der Waals surface area contributed by atoms with Gasteiger partial charge in [0.1, 0.15) is 23.0 Å². The summed E-state index contributed by atoms with van der Waals surface area (Å²) in [6.45, 7) is 0.687. The zero-order valence-electron chi connectivity index (χ0n) is 17.3. The number of aromatic nitrogens is 2. The summed E-state index contributed by atoms with van der Waals surface area (Å²) in [5, 5.41) is 6.23. The van der Waals surface area contributed by atoms with Crippen molar-refractivity contribution in [3.63, 3.8) is 0 Å². The number of nitrogens with two attached hydrogens (primary N) is 1. The maximum Gasteiger partial charge on any atom is 0.260 e. The van der Waals surface area contributed by atoms with Crippen LogP contribution in [0.4, 0.5) is 20.5 Å². The normalized spacial score (nSPS) is 26.5. The van der Waals surface area contributed by atoms with Crippen LogP contribution in [0.15, 0.2) is 23.1 Å². The third-order valence-electron chi connectivity index (χ3n) is 4.60. The minimum atomic E-state index is -4.23. The number of aliphatic imine (C=N–C) groups is 1. The van der Waals surface area contributed by atoms with Crippen LogP contribution in [0.3, 0.4) is 0 Å². The molecule has 0 aromatic carbocycles. The molecule has 2 aliphatic heterocycles. The molecular weight excluding hydrogens is 472 g/mol. The van der Waals surface area contributed by atoms with E-state index in [1.54, 1.807) is 7.05 Å². The predicted molar refractivity (Wildman–Crippen MR) is 116 cm³/mol. The van der Waals surface area contributed by atoms with Crippen molar-refractivity contribution >= 4 is 39.6 Å². The first kappa shape index (κ1) is 24.5. The highest BCUT2D eigenvalue weighted by Gasteiger charge is 2.49. The van der Waals surface area contributed by atoms with Gasteiger partial charge < -0.3 is 25.8 Å². The van der Waals surface area contributed by atoms with Crippen molar-refractivity contribution in [2.75, 3.05) is 36.6 Å². The average Bonchev–Trinajstić information content (AvgIpc) is 3.25. The quantitative estimate of drug-likeness (QED) is 0.360. The molecule has 0 radical (unpaired) electrons. The van der Waals surface area contributed by atoms with Crippen molar-refractivity contribution in [2.24, 2.45) is 10.7 Å². The largest absolute Gasteiger partial charge is 0.403 e. The molecule has 1 aromatic heterocycles. The Kier molecular flexibility index (Phi) is 7.50. The fraction of sp³-hybridized carbons (Fsp3) is 0.588. The van der Waals surface area contributed by atoms with Crippen molar-refractivity contribution in [2.45, 2.75) is 37.1 Å². The molecule has 178 valence electrons. The van der Waals surface area contributed by atoms with Crippen LogP contribution in [-0.4, -0.2) is 80.8 Å². The Bertz CT molecular complexity index is 990. The molecule has 3 rings (SSSR count). The molecule has 0 amide bonds.